The van der Waals surface area contributed by atoms with Gasteiger partial charge in [0, 0.05) is 11.5 Å². The van der Waals surface area contributed by atoms with Gasteiger partial charge in [-0.15, -0.1) is 0 Å². The fourth-order valence-electron chi connectivity index (χ4n) is 1.87. The predicted octanol–water partition coefficient (Wildman–Crippen LogP) is 2.49. The standard InChI is InChI=1S/C13H14BrN3O2S/c1-17-13-10(15)6-7-11(12(13)16)20(18,19)9-4-2-8(14)3-5-9/h2-7,17H,15-16H2,1H3. The zero-order valence-electron chi connectivity index (χ0n) is 10.7. The average molecular weight is 356 g/mol. The van der Waals surface area contributed by atoms with Gasteiger partial charge in [-0.3, -0.25) is 0 Å². The first-order valence-electron chi connectivity index (χ1n) is 5.74. The molecule has 0 amide bonds. The van der Waals surface area contributed by atoms with Gasteiger partial charge in [0.15, 0.2) is 0 Å². The van der Waals surface area contributed by atoms with Crippen molar-refractivity contribution in [3.63, 3.8) is 0 Å². The van der Waals surface area contributed by atoms with Crippen LogP contribution in [0.2, 0.25) is 0 Å². The van der Waals surface area contributed by atoms with E-state index in [4.69, 9.17) is 11.5 Å². The Morgan fingerprint density at radius 2 is 1.65 bits per heavy atom. The number of nitrogen functional groups attached to an aromatic ring is 2. The van der Waals surface area contributed by atoms with Gasteiger partial charge >= 0.3 is 0 Å². The van der Waals surface area contributed by atoms with Crippen LogP contribution in [0.15, 0.2) is 50.7 Å². The third kappa shape index (κ3) is 2.46. The highest BCUT2D eigenvalue weighted by atomic mass is 79.9. The topological polar surface area (TPSA) is 98.2 Å². The Kier molecular flexibility index (Phi) is 3.92. The number of nitrogens with two attached hydrogens (primary N) is 2. The third-order valence-corrected chi connectivity index (χ3v) is 5.26. The van der Waals surface area contributed by atoms with E-state index in [9.17, 15) is 8.42 Å². The molecule has 0 unspecified atom stereocenters. The molecular weight excluding hydrogens is 342 g/mol. The Morgan fingerprint density at radius 3 is 2.20 bits per heavy atom. The van der Waals surface area contributed by atoms with Crippen molar-refractivity contribution in [3.8, 4) is 0 Å². The summed E-state index contributed by atoms with van der Waals surface area (Å²) in [5.74, 6) is 0. The third-order valence-electron chi connectivity index (χ3n) is 2.90. The van der Waals surface area contributed by atoms with Gasteiger partial charge in [0.25, 0.3) is 0 Å². The fraction of sp³-hybridized carbons (Fsp3) is 0.0769. The van der Waals surface area contributed by atoms with Crippen LogP contribution in [0.25, 0.3) is 0 Å². The first-order valence-corrected chi connectivity index (χ1v) is 8.02. The number of nitrogens with one attached hydrogen (secondary N) is 1. The molecule has 0 radical (unpaired) electrons. The molecule has 2 aromatic carbocycles. The van der Waals surface area contributed by atoms with Crippen LogP contribution in [0.4, 0.5) is 17.1 Å². The molecule has 5 N–H and O–H groups in total. The summed E-state index contributed by atoms with van der Waals surface area (Å²) >= 11 is 3.27. The molecule has 7 heteroatoms. The lowest BCUT2D eigenvalue weighted by atomic mass is 10.2. The van der Waals surface area contributed by atoms with Crippen LogP contribution in [0, 0.1) is 0 Å². The first-order chi connectivity index (χ1) is 9.37. The Bertz CT molecular complexity index is 743. The molecular formula is C13H14BrN3O2S. The number of benzene rings is 2. The second kappa shape index (κ2) is 5.34. The minimum absolute atomic E-state index is 0.0402. The Morgan fingerprint density at radius 1 is 1.05 bits per heavy atom. The molecule has 0 heterocycles. The molecule has 0 aliphatic heterocycles. The Labute approximate surface area is 126 Å². The molecule has 0 saturated heterocycles. The monoisotopic (exact) mass is 355 g/mol. The molecule has 0 aromatic heterocycles. The van der Waals surface area contributed by atoms with Crippen LogP contribution in [0.1, 0.15) is 0 Å². The highest BCUT2D eigenvalue weighted by Gasteiger charge is 2.22. The summed E-state index contributed by atoms with van der Waals surface area (Å²) in [6.07, 6.45) is 0. The van der Waals surface area contributed by atoms with Crippen LogP contribution < -0.4 is 16.8 Å². The van der Waals surface area contributed by atoms with E-state index in [1.807, 2.05) is 0 Å². The SMILES string of the molecule is CNc1c(N)ccc(S(=O)(=O)c2ccc(Br)cc2)c1N. The van der Waals surface area contributed by atoms with Crippen molar-refractivity contribution in [2.45, 2.75) is 9.79 Å². The van der Waals surface area contributed by atoms with E-state index in [1.54, 1.807) is 19.2 Å². The van der Waals surface area contributed by atoms with Crippen molar-refractivity contribution < 1.29 is 8.42 Å². The van der Waals surface area contributed by atoms with E-state index in [-0.39, 0.29) is 15.5 Å². The summed E-state index contributed by atoms with van der Waals surface area (Å²) in [5, 5.41) is 2.81. The number of sulfone groups is 1. The minimum Gasteiger partial charge on any atom is -0.397 e. The van der Waals surface area contributed by atoms with Crippen LogP contribution in [-0.2, 0) is 9.84 Å². The average Bonchev–Trinajstić information content (AvgIpc) is 2.39. The number of hydrogen-bond acceptors (Lipinski definition) is 5. The molecule has 0 atom stereocenters. The van der Waals surface area contributed by atoms with Crippen LogP contribution in [0.5, 0.6) is 0 Å². The van der Waals surface area contributed by atoms with E-state index < -0.39 is 9.84 Å². The number of anilines is 3. The molecule has 0 spiro atoms. The molecule has 0 saturated carbocycles. The maximum absolute atomic E-state index is 12.6. The molecule has 106 valence electrons. The Hall–Kier alpha value is -1.73. The van der Waals surface area contributed by atoms with Crippen molar-refractivity contribution in [2.75, 3.05) is 23.8 Å². The van der Waals surface area contributed by atoms with Crippen LogP contribution in [0.3, 0.4) is 0 Å². The molecule has 20 heavy (non-hydrogen) atoms. The van der Waals surface area contributed by atoms with Crippen LogP contribution >= 0.6 is 15.9 Å². The van der Waals surface area contributed by atoms with Gasteiger partial charge in [-0.05, 0) is 36.4 Å². The molecule has 0 fully saturated rings. The quantitative estimate of drug-likeness (QED) is 0.734. The van der Waals surface area contributed by atoms with Crippen molar-refractivity contribution >= 4 is 42.8 Å². The lowest BCUT2D eigenvalue weighted by Crippen LogP contribution is -2.09. The summed E-state index contributed by atoms with van der Waals surface area (Å²) < 4.78 is 26.0. The molecule has 0 bridgehead atoms. The van der Waals surface area contributed by atoms with Gasteiger partial charge in [-0.2, -0.15) is 0 Å². The highest BCUT2D eigenvalue weighted by Crippen LogP contribution is 2.35. The number of hydrogen-bond donors (Lipinski definition) is 3. The van der Waals surface area contributed by atoms with Gasteiger partial charge in [-0.25, -0.2) is 8.42 Å². The second-order valence-corrected chi connectivity index (χ2v) is 6.98. The summed E-state index contributed by atoms with van der Waals surface area (Å²) in [7, 11) is -2.04. The summed E-state index contributed by atoms with van der Waals surface area (Å²) in [4.78, 5) is 0.220. The van der Waals surface area contributed by atoms with Gasteiger partial charge < -0.3 is 16.8 Å². The minimum atomic E-state index is -3.68. The van der Waals surface area contributed by atoms with Crippen LogP contribution in [-0.4, -0.2) is 15.5 Å². The van der Waals surface area contributed by atoms with E-state index in [1.165, 1.54) is 24.3 Å². The van der Waals surface area contributed by atoms with Gasteiger partial charge in [0.05, 0.1) is 26.9 Å². The zero-order valence-corrected chi connectivity index (χ0v) is 13.1. The number of halogens is 1. The van der Waals surface area contributed by atoms with Crippen molar-refractivity contribution in [3.05, 3.63) is 40.9 Å². The first kappa shape index (κ1) is 14.7. The van der Waals surface area contributed by atoms with E-state index in [0.29, 0.717) is 11.4 Å². The summed E-state index contributed by atoms with van der Waals surface area (Å²) in [5.41, 5.74) is 12.6. The largest absolute Gasteiger partial charge is 0.397 e. The fourth-order valence-corrected chi connectivity index (χ4v) is 3.52. The van der Waals surface area contributed by atoms with E-state index >= 15 is 0 Å². The zero-order chi connectivity index (χ0) is 14.9. The maximum Gasteiger partial charge on any atom is 0.208 e. The predicted molar refractivity (Wildman–Crippen MR) is 84.4 cm³/mol. The smallest absolute Gasteiger partial charge is 0.208 e. The lowest BCUT2D eigenvalue weighted by molar-refractivity contribution is 0.596. The highest BCUT2D eigenvalue weighted by molar-refractivity contribution is 9.10. The van der Waals surface area contributed by atoms with Gasteiger partial charge in [0.2, 0.25) is 9.84 Å². The van der Waals surface area contributed by atoms with Gasteiger partial charge in [0.1, 0.15) is 0 Å². The van der Waals surface area contributed by atoms with E-state index in [2.05, 4.69) is 21.2 Å². The molecule has 2 aromatic rings. The second-order valence-electron chi connectivity index (χ2n) is 4.15. The normalized spacial score (nSPS) is 11.3. The lowest BCUT2D eigenvalue weighted by Gasteiger charge is -2.13. The van der Waals surface area contributed by atoms with Gasteiger partial charge in [-0.1, -0.05) is 15.9 Å². The van der Waals surface area contributed by atoms with E-state index in [0.717, 1.165) is 4.47 Å². The Balaban J connectivity index is 2.64. The molecule has 2 rings (SSSR count). The molecule has 5 nitrogen and oxygen atoms in total. The van der Waals surface area contributed by atoms with Crippen molar-refractivity contribution in [1.29, 1.82) is 0 Å². The molecule has 0 aliphatic rings. The van der Waals surface area contributed by atoms with Crippen molar-refractivity contribution in [1.82, 2.24) is 0 Å². The molecule has 0 aliphatic carbocycles. The summed E-state index contributed by atoms with van der Waals surface area (Å²) in [6.45, 7) is 0. The number of rotatable bonds is 3. The summed E-state index contributed by atoms with van der Waals surface area (Å²) in [6, 6.07) is 9.32. The van der Waals surface area contributed by atoms with Crippen molar-refractivity contribution in [2.24, 2.45) is 0 Å². The maximum atomic E-state index is 12.6.